The molecule has 0 spiro atoms. The Balaban J connectivity index is 2.52. The largest absolute Gasteiger partial charge is 0.234 e. The first-order chi connectivity index (χ1) is 5.47. The summed E-state index contributed by atoms with van der Waals surface area (Å²) in [6.07, 6.45) is 3.14. The lowest BCUT2D eigenvalue weighted by molar-refractivity contribution is 1.22. The molecule has 0 amide bonds. The Morgan fingerprint density at radius 3 is 2.91 bits per heavy atom. The van der Waals surface area contributed by atoms with Gasteiger partial charge in [0.05, 0.1) is 11.9 Å². The molecule has 1 heterocycles. The Hall–Kier alpha value is -1.64. The van der Waals surface area contributed by atoms with Gasteiger partial charge in [0.25, 0.3) is 0 Å². The maximum absolute atomic E-state index is 4.07. The van der Waals surface area contributed by atoms with Gasteiger partial charge in [-0.3, -0.25) is 0 Å². The van der Waals surface area contributed by atoms with E-state index in [-0.39, 0.29) is 0 Å². The Kier molecular flexibility index (Phi) is 1.41. The number of para-hydroxylation sites is 1. The minimum atomic E-state index is 0.914. The highest BCUT2D eigenvalue weighted by atomic mass is 15.2. The standard InChI is InChI=1S/C8H6N3/c1-2-4-8-7(3-1)5-10-11-6-9-8/h1-6H. The van der Waals surface area contributed by atoms with E-state index in [2.05, 4.69) is 15.5 Å². The maximum Gasteiger partial charge on any atom is 0.138 e. The summed E-state index contributed by atoms with van der Waals surface area (Å²) in [7, 11) is 0. The molecule has 0 atom stereocenters. The lowest BCUT2D eigenvalue weighted by Crippen LogP contribution is -1.93. The van der Waals surface area contributed by atoms with E-state index in [9.17, 15) is 0 Å². The summed E-state index contributed by atoms with van der Waals surface area (Å²) < 4.78 is 0. The smallest absolute Gasteiger partial charge is 0.138 e. The Morgan fingerprint density at radius 2 is 1.91 bits per heavy atom. The third-order valence-electron chi connectivity index (χ3n) is 1.45. The third-order valence-corrected chi connectivity index (χ3v) is 1.45. The molecular weight excluding hydrogens is 138 g/mol. The predicted molar refractivity (Wildman–Crippen MR) is 44.3 cm³/mol. The minimum Gasteiger partial charge on any atom is -0.234 e. The van der Waals surface area contributed by atoms with Crippen molar-refractivity contribution in [1.29, 1.82) is 0 Å². The lowest BCUT2D eigenvalue weighted by atomic mass is 10.2. The molecule has 2 rings (SSSR count). The SMILES string of the molecule is C1=NN=Cc2ccccc2[N]1. The van der Waals surface area contributed by atoms with Gasteiger partial charge in [-0.05, 0) is 6.07 Å². The van der Waals surface area contributed by atoms with Crippen LogP contribution >= 0.6 is 0 Å². The number of hydrogen-bond acceptors (Lipinski definition) is 2. The molecule has 0 saturated heterocycles. The fraction of sp³-hybridized carbons (Fsp3) is 0. The van der Waals surface area contributed by atoms with Crippen molar-refractivity contribution < 1.29 is 0 Å². The molecule has 1 aromatic carbocycles. The molecule has 3 nitrogen and oxygen atoms in total. The van der Waals surface area contributed by atoms with Crippen molar-refractivity contribution in [1.82, 2.24) is 5.32 Å². The van der Waals surface area contributed by atoms with Crippen LogP contribution in [0.3, 0.4) is 0 Å². The van der Waals surface area contributed by atoms with Crippen LogP contribution in [0.5, 0.6) is 0 Å². The Bertz CT molecular complexity index is 315. The van der Waals surface area contributed by atoms with Gasteiger partial charge in [0.1, 0.15) is 6.34 Å². The van der Waals surface area contributed by atoms with Gasteiger partial charge >= 0.3 is 0 Å². The van der Waals surface area contributed by atoms with E-state index >= 15 is 0 Å². The molecule has 1 aliphatic rings. The van der Waals surface area contributed by atoms with Crippen LogP contribution in [0, 0.1) is 0 Å². The molecular formula is C8H6N3. The predicted octanol–water partition coefficient (Wildman–Crippen LogP) is 1.30. The van der Waals surface area contributed by atoms with E-state index in [1.165, 1.54) is 6.34 Å². The Morgan fingerprint density at radius 1 is 1.00 bits per heavy atom. The van der Waals surface area contributed by atoms with Crippen LogP contribution in [0.1, 0.15) is 5.56 Å². The summed E-state index contributed by atoms with van der Waals surface area (Å²) in [5.74, 6) is 0. The van der Waals surface area contributed by atoms with Crippen LogP contribution in [0.4, 0.5) is 5.69 Å². The zero-order chi connectivity index (χ0) is 7.52. The van der Waals surface area contributed by atoms with Gasteiger partial charge in [0.2, 0.25) is 0 Å². The monoisotopic (exact) mass is 144 g/mol. The van der Waals surface area contributed by atoms with Crippen LogP contribution in [-0.4, -0.2) is 12.6 Å². The number of benzene rings is 1. The van der Waals surface area contributed by atoms with Gasteiger partial charge in [0, 0.05) is 5.56 Å². The van der Waals surface area contributed by atoms with Crippen molar-refractivity contribution in [2.45, 2.75) is 0 Å². The molecule has 0 saturated carbocycles. The number of hydrogen-bond donors (Lipinski definition) is 0. The summed E-state index contributed by atoms with van der Waals surface area (Å²) in [5.41, 5.74) is 1.92. The highest BCUT2D eigenvalue weighted by Gasteiger charge is 1.99. The summed E-state index contributed by atoms with van der Waals surface area (Å²) in [4.78, 5) is 0. The highest BCUT2D eigenvalue weighted by molar-refractivity contribution is 5.89. The fourth-order valence-electron chi connectivity index (χ4n) is 0.928. The van der Waals surface area contributed by atoms with Gasteiger partial charge in [-0.1, -0.05) is 18.2 Å². The number of nitrogens with zero attached hydrogens (tertiary/aromatic N) is 3. The fourth-order valence-corrected chi connectivity index (χ4v) is 0.928. The molecule has 0 N–H and O–H groups in total. The second-order valence-electron chi connectivity index (χ2n) is 2.16. The second kappa shape index (κ2) is 2.54. The van der Waals surface area contributed by atoms with Crippen molar-refractivity contribution in [2.75, 3.05) is 0 Å². The zero-order valence-corrected chi connectivity index (χ0v) is 5.81. The van der Waals surface area contributed by atoms with Gasteiger partial charge in [-0.2, -0.15) is 5.10 Å². The van der Waals surface area contributed by atoms with Crippen LogP contribution < -0.4 is 5.32 Å². The Labute approximate surface area is 64.5 Å². The van der Waals surface area contributed by atoms with Crippen LogP contribution in [-0.2, 0) is 0 Å². The van der Waals surface area contributed by atoms with Crippen molar-refractivity contribution in [3.05, 3.63) is 29.8 Å². The molecule has 0 bridgehead atoms. The molecule has 0 unspecified atom stereocenters. The quantitative estimate of drug-likeness (QED) is 0.526. The summed E-state index contributed by atoms with van der Waals surface area (Å²) >= 11 is 0. The molecule has 0 fully saturated rings. The van der Waals surface area contributed by atoms with Gasteiger partial charge < -0.3 is 0 Å². The highest BCUT2D eigenvalue weighted by Crippen LogP contribution is 2.12. The molecule has 3 heteroatoms. The first kappa shape index (κ1) is 6.09. The topological polar surface area (TPSA) is 38.8 Å². The summed E-state index contributed by atoms with van der Waals surface area (Å²) in [5, 5.41) is 11.5. The van der Waals surface area contributed by atoms with Crippen LogP contribution in [0.15, 0.2) is 34.5 Å². The van der Waals surface area contributed by atoms with Gasteiger partial charge in [-0.15, -0.1) is 5.10 Å². The van der Waals surface area contributed by atoms with Crippen molar-refractivity contribution in [3.63, 3.8) is 0 Å². The first-order valence-corrected chi connectivity index (χ1v) is 3.31. The van der Waals surface area contributed by atoms with Crippen LogP contribution in [0.25, 0.3) is 0 Å². The third kappa shape index (κ3) is 1.12. The van der Waals surface area contributed by atoms with Crippen molar-refractivity contribution in [3.8, 4) is 0 Å². The normalized spacial score (nSPS) is 13.5. The van der Waals surface area contributed by atoms with Gasteiger partial charge in [0.15, 0.2) is 0 Å². The summed E-state index contributed by atoms with van der Waals surface area (Å²) in [6.45, 7) is 0. The van der Waals surface area contributed by atoms with E-state index in [4.69, 9.17) is 0 Å². The van der Waals surface area contributed by atoms with Gasteiger partial charge in [-0.25, -0.2) is 5.32 Å². The average Bonchev–Trinajstić information content (AvgIpc) is 2.28. The molecule has 53 valence electrons. The van der Waals surface area contributed by atoms with E-state index in [1.54, 1.807) is 6.21 Å². The number of rotatable bonds is 0. The minimum absolute atomic E-state index is 0.914. The maximum atomic E-state index is 4.07. The molecule has 1 aliphatic heterocycles. The first-order valence-electron chi connectivity index (χ1n) is 3.31. The van der Waals surface area contributed by atoms with Crippen molar-refractivity contribution >= 4 is 18.2 Å². The number of fused-ring (bicyclic) bond motifs is 1. The van der Waals surface area contributed by atoms with E-state index in [1.807, 2.05) is 24.3 Å². The average molecular weight is 144 g/mol. The molecule has 0 aliphatic carbocycles. The van der Waals surface area contributed by atoms with Crippen molar-refractivity contribution in [2.24, 2.45) is 10.2 Å². The van der Waals surface area contributed by atoms with E-state index < -0.39 is 0 Å². The molecule has 11 heavy (non-hydrogen) atoms. The van der Waals surface area contributed by atoms with E-state index in [0.29, 0.717) is 0 Å². The lowest BCUT2D eigenvalue weighted by Gasteiger charge is -1.97. The summed E-state index contributed by atoms with van der Waals surface area (Å²) in [6, 6.07) is 7.77. The van der Waals surface area contributed by atoms with E-state index in [0.717, 1.165) is 11.3 Å². The van der Waals surface area contributed by atoms with Crippen LogP contribution in [0.2, 0.25) is 0 Å². The molecule has 0 aromatic heterocycles. The molecule has 1 aromatic rings. The zero-order valence-electron chi connectivity index (χ0n) is 5.81. The molecule has 1 radical (unpaired) electrons. The second-order valence-corrected chi connectivity index (χ2v) is 2.16.